The Morgan fingerprint density at radius 3 is 2.21 bits per heavy atom. The zero-order valence-corrected chi connectivity index (χ0v) is 15.7. The van der Waals surface area contributed by atoms with E-state index in [4.69, 9.17) is 4.74 Å². The minimum absolute atomic E-state index is 0.273. The summed E-state index contributed by atoms with van der Waals surface area (Å²) >= 11 is 1.76. The fourth-order valence-electron chi connectivity index (χ4n) is 2.29. The van der Waals surface area contributed by atoms with Crippen LogP contribution in [0.25, 0.3) is 0 Å². The minimum Gasteiger partial charge on any atom is -0.444 e. The summed E-state index contributed by atoms with van der Waals surface area (Å²) in [7, 11) is 0. The van der Waals surface area contributed by atoms with E-state index in [1.54, 1.807) is 11.3 Å². The number of carbonyl (C=O) groups is 1. The monoisotopic (exact) mass is 346 g/mol. The number of nitrogens with one attached hydrogen (secondary N) is 2. The maximum atomic E-state index is 11.8. The third-order valence-corrected chi connectivity index (χ3v) is 4.32. The SMILES string of the molecule is CC(C)C(Nc1ccc(NC(=O)OC(C)(C)C)cc1)c1cccs1. The van der Waals surface area contributed by atoms with Crippen LogP contribution in [0.1, 0.15) is 45.5 Å². The summed E-state index contributed by atoms with van der Waals surface area (Å²) < 4.78 is 5.25. The first-order valence-corrected chi connectivity index (χ1v) is 9.02. The van der Waals surface area contributed by atoms with E-state index in [-0.39, 0.29) is 6.04 Å². The zero-order valence-electron chi connectivity index (χ0n) is 14.9. The van der Waals surface area contributed by atoms with E-state index in [0.29, 0.717) is 11.6 Å². The van der Waals surface area contributed by atoms with Crippen molar-refractivity contribution in [3.05, 3.63) is 46.7 Å². The summed E-state index contributed by atoms with van der Waals surface area (Å²) in [5.74, 6) is 0.475. The first kappa shape index (κ1) is 18.3. The normalized spacial score (nSPS) is 12.8. The van der Waals surface area contributed by atoms with E-state index < -0.39 is 11.7 Å². The van der Waals surface area contributed by atoms with Crippen molar-refractivity contribution >= 4 is 28.8 Å². The van der Waals surface area contributed by atoms with Gasteiger partial charge >= 0.3 is 6.09 Å². The van der Waals surface area contributed by atoms with Crippen molar-refractivity contribution in [2.45, 2.75) is 46.3 Å². The first-order valence-electron chi connectivity index (χ1n) is 8.14. The van der Waals surface area contributed by atoms with E-state index in [2.05, 4.69) is 42.0 Å². The highest BCUT2D eigenvalue weighted by atomic mass is 32.1. The molecular formula is C19H26N2O2S. The van der Waals surface area contributed by atoms with Gasteiger partial charge in [-0.2, -0.15) is 0 Å². The van der Waals surface area contributed by atoms with E-state index in [0.717, 1.165) is 5.69 Å². The molecule has 2 aromatic rings. The van der Waals surface area contributed by atoms with E-state index >= 15 is 0 Å². The number of rotatable bonds is 5. The van der Waals surface area contributed by atoms with Crippen LogP contribution in [0.15, 0.2) is 41.8 Å². The van der Waals surface area contributed by atoms with Gasteiger partial charge in [-0.25, -0.2) is 4.79 Å². The van der Waals surface area contributed by atoms with Gasteiger partial charge in [0.1, 0.15) is 5.60 Å². The molecule has 0 fully saturated rings. The second kappa shape index (κ2) is 7.71. The predicted molar refractivity (Wildman–Crippen MR) is 102 cm³/mol. The Balaban J connectivity index is 2.00. The maximum Gasteiger partial charge on any atom is 0.412 e. The number of hydrogen-bond acceptors (Lipinski definition) is 4. The van der Waals surface area contributed by atoms with Crippen LogP contribution in [-0.4, -0.2) is 11.7 Å². The Labute approximate surface area is 148 Å². The summed E-state index contributed by atoms with van der Waals surface area (Å²) in [6.45, 7) is 9.94. The second-order valence-electron chi connectivity index (χ2n) is 7.09. The Hall–Kier alpha value is -2.01. The molecule has 0 spiro atoms. The molecule has 0 saturated heterocycles. The molecule has 4 nitrogen and oxygen atoms in total. The highest BCUT2D eigenvalue weighted by Gasteiger charge is 2.17. The van der Waals surface area contributed by atoms with Crippen LogP contribution in [0, 0.1) is 5.92 Å². The number of benzene rings is 1. The first-order chi connectivity index (χ1) is 11.2. The molecule has 5 heteroatoms. The van der Waals surface area contributed by atoms with Gasteiger partial charge < -0.3 is 10.1 Å². The summed E-state index contributed by atoms with van der Waals surface area (Å²) in [6.07, 6.45) is -0.443. The maximum absolute atomic E-state index is 11.8. The van der Waals surface area contributed by atoms with Gasteiger partial charge in [0.15, 0.2) is 0 Å². The van der Waals surface area contributed by atoms with Gasteiger partial charge in [0.2, 0.25) is 0 Å². The van der Waals surface area contributed by atoms with Crippen LogP contribution in [-0.2, 0) is 4.74 Å². The number of carbonyl (C=O) groups excluding carboxylic acids is 1. The topological polar surface area (TPSA) is 50.4 Å². The lowest BCUT2D eigenvalue weighted by Gasteiger charge is -2.23. The number of ether oxygens (including phenoxy) is 1. The Kier molecular flexibility index (Phi) is 5.89. The molecule has 1 unspecified atom stereocenters. The molecule has 1 aromatic carbocycles. The van der Waals surface area contributed by atoms with Crippen LogP contribution in [0.2, 0.25) is 0 Å². The standard InChI is InChI=1S/C19H26N2O2S/c1-13(2)17(16-7-6-12-24-16)20-14-8-10-15(11-9-14)21-18(22)23-19(3,4)5/h6-13,17,20H,1-5H3,(H,21,22). The molecule has 0 aliphatic heterocycles. The molecular weight excluding hydrogens is 320 g/mol. The van der Waals surface area contributed by atoms with Crippen molar-refractivity contribution in [1.82, 2.24) is 0 Å². The van der Waals surface area contributed by atoms with Gasteiger partial charge in [-0.3, -0.25) is 5.32 Å². The molecule has 130 valence electrons. The molecule has 0 aliphatic rings. The van der Waals surface area contributed by atoms with Crippen molar-refractivity contribution < 1.29 is 9.53 Å². The van der Waals surface area contributed by atoms with Gasteiger partial charge in [-0.1, -0.05) is 19.9 Å². The predicted octanol–water partition coefficient (Wildman–Crippen LogP) is 5.90. The lowest BCUT2D eigenvalue weighted by atomic mass is 10.0. The third-order valence-electron chi connectivity index (χ3n) is 3.37. The van der Waals surface area contributed by atoms with Gasteiger partial charge in [-0.05, 0) is 62.4 Å². The van der Waals surface area contributed by atoms with E-state index in [9.17, 15) is 4.79 Å². The quantitative estimate of drug-likeness (QED) is 0.708. The van der Waals surface area contributed by atoms with Gasteiger partial charge in [0.05, 0.1) is 6.04 Å². The minimum atomic E-state index is -0.503. The Bertz CT molecular complexity index is 643. The molecule has 2 rings (SSSR count). The van der Waals surface area contributed by atoms with E-state index in [1.165, 1.54) is 4.88 Å². The van der Waals surface area contributed by atoms with Crippen LogP contribution < -0.4 is 10.6 Å². The number of thiophene rings is 1. The molecule has 0 bridgehead atoms. The Morgan fingerprint density at radius 1 is 1.08 bits per heavy atom. The highest BCUT2D eigenvalue weighted by molar-refractivity contribution is 7.10. The molecule has 1 atom stereocenters. The van der Waals surface area contributed by atoms with Crippen molar-refractivity contribution in [2.75, 3.05) is 10.6 Å². The largest absolute Gasteiger partial charge is 0.444 e. The van der Waals surface area contributed by atoms with Crippen LogP contribution in [0.3, 0.4) is 0 Å². The lowest BCUT2D eigenvalue weighted by molar-refractivity contribution is 0.0636. The van der Waals surface area contributed by atoms with E-state index in [1.807, 2.05) is 45.0 Å². The van der Waals surface area contributed by atoms with Crippen LogP contribution in [0.5, 0.6) is 0 Å². The summed E-state index contributed by atoms with van der Waals surface area (Å²) in [5, 5.41) is 8.41. The number of anilines is 2. The molecule has 1 amide bonds. The summed E-state index contributed by atoms with van der Waals surface area (Å²) in [6, 6.07) is 12.2. The fourth-order valence-corrected chi connectivity index (χ4v) is 3.23. The molecule has 24 heavy (non-hydrogen) atoms. The fraction of sp³-hybridized carbons (Fsp3) is 0.421. The second-order valence-corrected chi connectivity index (χ2v) is 8.06. The Morgan fingerprint density at radius 2 is 1.71 bits per heavy atom. The van der Waals surface area contributed by atoms with Crippen LogP contribution in [0.4, 0.5) is 16.2 Å². The number of hydrogen-bond donors (Lipinski definition) is 2. The third kappa shape index (κ3) is 5.57. The van der Waals surface area contributed by atoms with Crippen molar-refractivity contribution in [1.29, 1.82) is 0 Å². The van der Waals surface area contributed by atoms with Crippen molar-refractivity contribution in [3.8, 4) is 0 Å². The molecule has 0 aliphatic carbocycles. The van der Waals surface area contributed by atoms with Crippen molar-refractivity contribution in [2.24, 2.45) is 5.92 Å². The van der Waals surface area contributed by atoms with Gasteiger partial charge in [0, 0.05) is 16.3 Å². The average molecular weight is 346 g/mol. The lowest BCUT2D eigenvalue weighted by Crippen LogP contribution is -2.27. The zero-order chi connectivity index (χ0) is 17.7. The van der Waals surface area contributed by atoms with Gasteiger partial charge in [-0.15, -0.1) is 11.3 Å². The molecule has 0 saturated carbocycles. The molecule has 0 radical (unpaired) electrons. The smallest absolute Gasteiger partial charge is 0.412 e. The summed E-state index contributed by atoms with van der Waals surface area (Å²) in [4.78, 5) is 13.1. The van der Waals surface area contributed by atoms with Crippen LogP contribution >= 0.6 is 11.3 Å². The number of amides is 1. The van der Waals surface area contributed by atoms with Gasteiger partial charge in [0.25, 0.3) is 0 Å². The summed E-state index contributed by atoms with van der Waals surface area (Å²) in [5.41, 5.74) is 1.24. The highest BCUT2D eigenvalue weighted by Crippen LogP contribution is 2.30. The molecule has 2 N–H and O–H groups in total. The van der Waals surface area contributed by atoms with Crippen molar-refractivity contribution in [3.63, 3.8) is 0 Å². The molecule has 1 aromatic heterocycles. The molecule has 1 heterocycles. The average Bonchev–Trinajstić information content (AvgIpc) is 2.97.